The van der Waals surface area contributed by atoms with Crippen LogP contribution in [0.1, 0.15) is 11.7 Å². The lowest BCUT2D eigenvalue weighted by atomic mass is 10.2. The fourth-order valence-corrected chi connectivity index (χ4v) is 2.75. The van der Waals surface area contributed by atoms with Crippen molar-refractivity contribution in [3.05, 3.63) is 40.0 Å². The summed E-state index contributed by atoms with van der Waals surface area (Å²) in [5.41, 5.74) is 0.0449. The van der Waals surface area contributed by atoms with E-state index in [-0.39, 0.29) is 11.4 Å². The molecule has 2 rings (SSSR count). The van der Waals surface area contributed by atoms with Crippen molar-refractivity contribution in [2.45, 2.75) is 18.4 Å². The van der Waals surface area contributed by atoms with Crippen molar-refractivity contribution in [2.24, 2.45) is 0 Å². The summed E-state index contributed by atoms with van der Waals surface area (Å²) in [6.45, 7) is 1.93. The first-order chi connectivity index (χ1) is 10.2. The Labute approximate surface area is 126 Å². The van der Waals surface area contributed by atoms with Crippen LogP contribution >= 0.6 is 0 Å². The number of benzene rings is 1. The van der Waals surface area contributed by atoms with E-state index in [0.717, 1.165) is 6.26 Å². The molecular weight excluding hydrogens is 312 g/mol. The summed E-state index contributed by atoms with van der Waals surface area (Å²) in [7, 11) is -2.03. The van der Waals surface area contributed by atoms with Gasteiger partial charge in [0.2, 0.25) is 5.89 Å². The van der Waals surface area contributed by atoms with Crippen LogP contribution in [0.5, 0.6) is 0 Å². The minimum atomic E-state index is -3.72. The zero-order chi connectivity index (χ0) is 16.5. The number of sulfone groups is 1. The Morgan fingerprint density at radius 3 is 2.59 bits per heavy atom. The molecular formula is C12H14N4O5S. The van der Waals surface area contributed by atoms with Gasteiger partial charge in [-0.15, -0.1) is 0 Å². The molecule has 0 atom stereocenters. The predicted octanol–water partition coefficient (Wildman–Crippen LogP) is 1.33. The summed E-state index contributed by atoms with van der Waals surface area (Å²) in [6.07, 6.45) is 0.932. The molecule has 1 aromatic heterocycles. The molecule has 0 aliphatic rings. The number of aryl methyl sites for hydroxylation is 1. The van der Waals surface area contributed by atoms with Gasteiger partial charge in [-0.3, -0.25) is 10.1 Å². The highest BCUT2D eigenvalue weighted by atomic mass is 32.2. The van der Waals surface area contributed by atoms with Crippen LogP contribution in [0.2, 0.25) is 0 Å². The molecule has 1 heterocycles. The van der Waals surface area contributed by atoms with Crippen LogP contribution in [-0.2, 0) is 16.4 Å². The minimum Gasteiger partial charge on any atom is -0.367 e. The minimum absolute atomic E-state index is 0.276. The maximum Gasteiger partial charge on any atom is 0.288 e. The third kappa shape index (κ3) is 3.39. The highest BCUT2D eigenvalue weighted by Gasteiger charge is 2.23. The molecule has 0 fully saturated rings. The van der Waals surface area contributed by atoms with E-state index in [1.165, 1.54) is 18.2 Å². The van der Waals surface area contributed by atoms with Crippen molar-refractivity contribution in [3.8, 4) is 0 Å². The average Bonchev–Trinajstić information content (AvgIpc) is 2.82. The summed E-state index contributed by atoms with van der Waals surface area (Å²) in [5, 5.41) is 14.7. The Hall–Kier alpha value is -2.49. The van der Waals surface area contributed by atoms with Gasteiger partial charge in [-0.2, -0.15) is 4.98 Å². The molecule has 118 valence electrons. The Kier molecular flexibility index (Phi) is 4.13. The second-order valence-electron chi connectivity index (χ2n) is 4.77. The Morgan fingerprint density at radius 2 is 2.09 bits per heavy atom. The van der Waals surface area contributed by atoms with Crippen molar-refractivity contribution in [1.82, 2.24) is 10.1 Å². The summed E-state index contributed by atoms with van der Waals surface area (Å²) >= 11 is 0. The summed E-state index contributed by atoms with van der Waals surface area (Å²) in [6, 6.07) is 3.91. The van der Waals surface area contributed by atoms with E-state index in [1.807, 2.05) is 0 Å². The largest absolute Gasteiger partial charge is 0.367 e. The number of nitro benzene ring substituents is 1. The van der Waals surface area contributed by atoms with E-state index in [1.54, 1.807) is 18.9 Å². The monoisotopic (exact) mass is 326 g/mol. The summed E-state index contributed by atoms with van der Waals surface area (Å²) in [4.78, 5) is 15.6. The van der Waals surface area contributed by atoms with E-state index in [9.17, 15) is 18.5 Å². The van der Waals surface area contributed by atoms with Gasteiger partial charge < -0.3 is 9.42 Å². The molecule has 1 aromatic carbocycles. The van der Waals surface area contributed by atoms with Crippen molar-refractivity contribution in [1.29, 1.82) is 0 Å². The van der Waals surface area contributed by atoms with Gasteiger partial charge in [-0.1, -0.05) is 5.16 Å². The molecule has 0 amide bonds. The fourth-order valence-electron chi connectivity index (χ4n) is 1.90. The smallest absolute Gasteiger partial charge is 0.288 e. The van der Waals surface area contributed by atoms with Crippen LogP contribution in [0.15, 0.2) is 27.6 Å². The quantitative estimate of drug-likeness (QED) is 0.596. The fraction of sp³-hybridized carbons (Fsp3) is 0.333. The third-order valence-corrected chi connectivity index (χ3v) is 4.05. The maximum atomic E-state index is 11.7. The molecule has 0 bridgehead atoms. The zero-order valence-corrected chi connectivity index (χ0v) is 13.0. The molecule has 0 aliphatic carbocycles. The van der Waals surface area contributed by atoms with Crippen LogP contribution in [0.4, 0.5) is 11.4 Å². The first-order valence-electron chi connectivity index (χ1n) is 6.17. The highest BCUT2D eigenvalue weighted by Crippen LogP contribution is 2.28. The molecule has 0 N–H and O–H groups in total. The molecule has 0 saturated carbocycles. The topological polar surface area (TPSA) is 119 Å². The first kappa shape index (κ1) is 15.9. The van der Waals surface area contributed by atoms with E-state index in [0.29, 0.717) is 17.4 Å². The predicted molar refractivity (Wildman–Crippen MR) is 77.3 cm³/mol. The average molecular weight is 326 g/mol. The summed E-state index contributed by atoms with van der Waals surface area (Å²) < 4.78 is 28.3. The highest BCUT2D eigenvalue weighted by molar-refractivity contribution is 7.90. The number of aromatic nitrogens is 2. The van der Waals surface area contributed by atoms with Gasteiger partial charge >= 0.3 is 0 Å². The molecule has 2 aromatic rings. The van der Waals surface area contributed by atoms with Crippen LogP contribution in [0.25, 0.3) is 0 Å². The molecule has 0 saturated heterocycles. The number of nitrogens with zero attached hydrogens (tertiary/aromatic N) is 4. The lowest BCUT2D eigenvalue weighted by Gasteiger charge is -2.17. The Balaban J connectivity index is 2.38. The lowest BCUT2D eigenvalue weighted by Crippen LogP contribution is -2.18. The van der Waals surface area contributed by atoms with Crippen molar-refractivity contribution >= 4 is 21.2 Å². The number of anilines is 1. The van der Waals surface area contributed by atoms with Crippen molar-refractivity contribution < 1.29 is 17.9 Å². The number of rotatable bonds is 5. The first-order valence-corrected chi connectivity index (χ1v) is 8.06. The number of nitro groups is 1. The molecule has 10 heteroatoms. The molecule has 22 heavy (non-hydrogen) atoms. The standard InChI is InChI=1S/C12H14N4O5S/c1-8-13-12(14-21-8)7-15(2)9-4-5-10(16(17)18)11(6-9)22(3,19)20/h4-6H,7H2,1-3H3. The van der Waals surface area contributed by atoms with E-state index in [4.69, 9.17) is 4.52 Å². The summed E-state index contributed by atoms with van der Waals surface area (Å²) in [5.74, 6) is 0.850. The van der Waals surface area contributed by atoms with Gasteiger partial charge in [-0.25, -0.2) is 8.42 Å². The van der Waals surface area contributed by atoms with Crippen LogP contribution in [-0.4, -0.2) is 36.8 Å². The van der Waals surface area contributed by atoms with Crippen molar-refractivity contribution in [3.63, 3.8) is 0 Å². The Morgan fingerprint density at radius 1 is 1.41 bits per heavy atom. The number of hydrogen-bond donors (Lipinski definition) is 0. The van der Waals surface area contributed by atoms with E-state index < -0.39 is 20.4 Å². The zero-order valence-electron chi connectivity index (χ0n) is 12.2. The van der Waals surface area contributed by atoms with Gasteiger partial charge in [0.05, 0.1) is 11.5 Å². The normalized spacial score (nSPS) is 11.4. The van der Waals surface area contributed by atoms with Crippen LogP contribution < -0.4 is 4.90 Å². The van der Waals surface area contributed by atoms with Gasteiger partial charge in [0.15, 0.2) is 15.7 Å². The van der Waals surface area contributed by atoms with Crippen molar-refractivity contribution in [2.75, 3.05) is 18.2 Å². The second-order valence-corrected chi connectivity index (χ2v) is 6.75. The van der Waals surface area contributed by atoms with Gasteiger partial charge in [0.25, 0.3) is 5.69 Å². The van der Waals surface area contributed by atoms with Crippen LogP contribution in [0, 0.1) is 17.0 Å². The van der Waals surface area contributed by atoms with Gasteiger partial charge in [-0.05, 0) is 12.1 Å². The molecule has 0 unspecified atom stereocenters. The SMILES string of the molecule is Cc1nc(CN(C)c2ccc([N+](=O)[O-])c(S(C)(=O)=O)c2)no1. The third-order valence-electron chi connectivity index (χ3n) is 2.93. The lowest BCUT2D eigenvalue weighted by molar-refractivity contribution is -0.387. The Bertz CT molecular complexity index is 815. The molecule has 0 aliphatic heterocycles. The molecule has 0 spiro atoms. The second kappa shape index (κ2) is 5.72. The maximum absolute atomic E-state index is 11.7. The van der Waals surface area contributed by atoms with Gasteiger partial charge in [0.1, 0.15) is 4.90 Å². The molecule has 0 radical (unpaired) electrons. The number of hydrogen-bond acceptors (Lipinski definition) is 8. The van der Waals surface area contributed by atoms with Crippen LogP contribution in [0.3, 0.4) is 0 Å². The van der Waals surface area contributed by atoms with Gasteiger partial charge in [0, 0.05) is 32.0 Å². The van der Waals surface area contributed by atoms with E-state index >= 15 is 0 Å². The molecule has 9 nitrogen and oxygen atoms in total. The van der Waals surface area contributed by atoms with E-state index in [2.05, 4.69) is 10.1 Å².